The van der Waals surface area contributed by atoms with Crippen molar-refractivity contribution in [3.05, 3.63) is 60.7 Å². The van der Waals surface area contributed by atoms with Gasteiger partial charge in [0.05, 0.1) is 5.60 Å². The summed E-state index contributed by atoms with van der Waals surface area (Å²) >= 11 is 0. The Balaban J connectivity index is 2.63. The first-order chi connectivity index (χ1) is 11.9. The molecule has 1 N–H and O–H groups in total. The first-order valence-corrected chi connectivity index (χ1v) is 10.3. The van der Waals surface area contributed by atoms with Crippen molar-refractivity contribution in [3.63, 3.8) is 0 Å². The molecule has 4 heteroatoms. The lowest BCUT2D eigenvalue weighted by molar-refractivity contribution is 0.0626. The van der Waals surface area contributed by atoms with E-state index < -0.39 is 20.3 Å². The van der Waals surface area contributed by atoms with Crippen LogP contribution in [0.15, 0.2) is 60.7 Å². The Morgan fingerprint density at radius 3 is 1.84 bits per heavy atom. The van der Waals surface area contributed by atoms with E-state index >= 15 is 0 Å². The Hall–Kier alpha value is -1.90. The number of aliphatic hydroxyl groups excluding tert-OH is 1. The lowest BCUT2D eigenvalue weighted by atomic mass is 10.2. The summed E-state index contributed by atoms with van der Waals surface area (Å²) in [6.45, 7) is 6.02. The van der Waals surface area contributed by atoms with Crippen LogP contribution in [-0.4, -0.2) is 32.0 Å². The molecular weight excluding hydrogens is 328 g/mol. The molecule has 0 aromatic heterocycles. The van der Waals surface area contributed by atoms with Gasteiger partial charge in [0, 0.05) is 13.0 Å². The molecule has 132 valence electrons. The molecule has 0 bridgehead atoms. The minimum Gasteiger partial charge on any atom is -0.396 e. The smallest absolute Gasteiger partial charge is 0.396 e. The summed E-state index contributed by atoms with van der Waals surface area (Å²) < 4.78 is 13.1. The average Bonchev–Trinajstić information content (AvgIpc) is 2.61. The zero-order valence-corrected chi connectivity index (χ0v) is 16.1. The lowest BCUT2D eigenvalue weighted by Gasteiger charge is -2.38. The second kappa shape index (κ2) is 8.46. The SMILES string of the molecule is C#C[C@H](CCO)O[Si](OC(C)(C)C)(c1ccccc1)c1ccccc1. The van der Waals surface area contributed by atoms with Crippen LogP contribution in [0.5, 0.6) is 0 Å². The predicted octanol–water partition coefficient (Wildman–Crippen LogP) is 2.46. The molecule has 0 unspecified atom stereocenters. The molecule has 1 atom stereocenters. The standard InChI is InChI=1S/C21H26O3Si/c1-5-18(16-17-22)23-25(24-21(2,3)4,19-12-8-6-9-13-19)20-14-10-7-11-15-20/h1,6-15,18,22H,16-17H2,2-4H3/t18-/m1/s1. The molecule has 2 aromatic rings. The third kappa shape index (κ3) is 5.04. The molecule has 0 saturated heterocycles. The lowest BCUT2D eigenvalue weighted by Crippen LogP contribution is -2.67. The van der Waals surface area contributed by atoms with E-state index in [-0.39, 0.29) is 6.61 Å². The molecule has 0 amide bonds. The second-order valence-corrected chi connectivity index (χ2v) is 9.68. The molecule has 0 saturated carbocycles. The van der Waals surface area contributed by atoms with E-state index in [2.05, 4.69) is 5.92 Å². The van der Waals surface area contributed by atoms with E-state index in [1.54, 1.807) is 0 Å². The number of terminal acetylenes is 1. The highest BCUT2D eigenvalue weighted by Gasteiger charge is 2.47. The van der Waals surface area contributed by atoms with Crippen LogP contribution >= 0.6 is 0 Å². The number of hydrogen-bond donors (Lipinski definition) is 1. The fourth-order valence-corrected chi connectivity index (χ4v) is 6.29. The summed E-state index contributed by atoms with van der Waals surface area (Å²) in [5, 5.41) is 11.3. The Bertz CT molecular complexity index is 647. The summed E-state index contributed by atoms with van der Waals surface area (Å²) in [4.78, 5) is 0. The van der Waals surface area contributed by atoms with Gasteiger partial charge in [-0.2, -0.15) is 0 Å². The molecule has 0 heterocycles. The molecule has 0 spiro atoms. The fourth-order valence-electron chi connectivity index (χ4n) is 2.68. The van der Waals surface area contributed by atoms with Gasteiger partial charge in [-0.05, 0) is 31.1 Å². The van der Waals surface area contributed by atoms with Crippen molar-refractivity contribution in [2.45, 2.75) is 38.9 Å². The van der Waals surface area contributed by atoms with Gasteiger partial charge in [-0.3, -0.25) is 0 Å². The normalized spacial score (nSPS) is 13.2. The zero-order valence-electron chi connectivity index (χ0n) is 15.1. The fraction of sp³-hybridized carbons (Fsp3) is 0.333. The van der Waals surface area contributed by atoms with Crippen molar-refractivity contribution < 1.29 is 14.0 Å². The van der Waals surface area contributed by atoms with Gasteiger partial charge in [-0.25, -0.2) is 0 Å². The van der Waals surface area contributed by atoms with E-state index in [9.17, 15) is 5.11 Å². The van der Waals surface area contributed by atoms with Gasteiger partial charge in [0.25, 0.3) is 0 Å². The van der Waals surface area contributed by atoms with Gasteiger partial charge in [-0.1, -0.05) is 66.6 Å². The van der Waals surface area contributed by atoms with Crippen LogP contribution in [0, 0.1) is 12.3 Å². The third-order valence-electron chi connectivity index (χ3n) is 3.64. The molecule has 0 aliphatic rings. The predicted molar refractivity (Wildman–Crippen MR) is 104 cm³/mol. The molecule has 0 aliphatic heterocycles. The van der Waals surface area contributed by atoms with Crippen LogP contribution in [0.2, 0.25) is 0 Å². The van der Waals surface area contributed by atoms with Crippen LogP contribution in [0.3, 0.4) is 0 Å². The van der Waals surface area contributed by atoms with Crippen LogP contribution in [-0.2, 0) is 8.85 Å². The Morgan fingerprint density at radius 2 is 1.48 bits per heavy atom. The Labute approximate surface area is 151 Å². The highest BCUT2D eigenvalue weighted by Crippen LogP contribution is 2.21. The van der Waals surface area contributed by atoms with Gasteiger partial charge in [0.1, 0.15) is 6.10 Å². The van der Waals surface area contributed by atoms with E-state index in [1.165, 1.54) is 0 Å². The van der Waals surface area contributed by atoms with Gasteiger partial charge in [0.15, 0.2) is 0 Å². The van der Waals surface area contributed by atoms with Crippen LogP contribution in [0.1, 0.15) is 27.2 Å². The largest absolute Gasteiger partial charge is 0.408 e. The quantitative estimate of drug-likeness (QED) is 0.613. The third-order valence-corrected chi connectivity index (χ3v) is 7.35. The highest BCUT2D eigenvalue weighted by molar-refractivity contribution is 6.92. The first kappa shape index (κ1) is 19.4. The Morgan fingerprint density at radius 1 is 1.00 bits per heavy atom. The van der Waals surface area contributed by atoms with Gasteiger partial charge in [0.2, 0.25) is 0 Å². The summed E-state index contributed by atoms with van der Waals surface area (Å²) in [6, 6.07) is 20.0. The Kier molecular flexibility index (Phi) is 6.57. The topological polar surface area (TPSA) is 38.7 Å². The zero-order chi connectivity index (χ0) is 18.3. The maximum absolute atomic E-state index is 9.34. The van der Waals surface area contributed by atoms with Gasteiger partial charge < -0.3 is 14.0 Å². The maximum atomic E-state index is 9.34. The molecule has 3 nitrogen and oxygen atoms in total. The maximum Gasteiger partial charge on any atom is 0.408 e. The van der Waals surface area contributed by atoms with Crippen LogP contribution < -0.4 is 10.4 Å². The average molecular weight is 355 g/mol. The van der Waals surface area contributed by atoms with Crippen LogP contribution in [0.25, 0.3) is 0 Å². The van der Waals surface area contributed by atoms with Gasteiger partial charge >= 0.3 is 8.56 Å². The minimum atomic E-state index is -3.06. The van der Waals surface area contributed by atoms with E-state index in [4.69, 9.17) is 15.3 Å². The van der Waals surface area contributed by atoms with Crippen LogP contribution in [0.4, 0.5) is 0 Å². The molecule has 2 rings (SSSR count). The van der Waals surface area contributed by atoms with Gasteiger partial charge in [-0.15, -0.1) is 6.42 Å². The van der Waals surface area contributed by atoms with E-state index in [1.807, 2.05) is 81.4 Å². The summed E-state index contributed by atoms with van der Waals surface area (Å²) in [5.74, 6) is 2.66. The van der Waals surface area contributed by atoms with Crippen molar-refractivity contribution in [1.82, 2.24) is 0 Å². The van der Waals surface area contributed by atoms with E-state index in [0.717, 1.165) is 10.4 Å². The summed E-state index contributed by atoms with van der Waals surface area (Å²) in [6.07, 6.45) is 5.53. The number of aliphatic hydroxyl groups is 1. The van der Waals surface area contributed by atoms with Crippen molar-refractivity contribution in [2.75, 3.05) is 6.61 Å². The molecule has 25 heavy (non-hydrogen) atoms. The first-order valence-electron chi connectivity index (χ1n) is 8.47. The summed E-state index contributed by atoms with van der Waals surface area (Å²) in [5.41, 5.74) is -0.420. The van der Waals surface area contributed by atoms with Crippen molar-refractivity contribution in [1.29, 1.82) is 0 Å². The highest BCUT2D eigenvalue weighted by atomic mass is 28.4. The monoisotopic (exact) mass is 354 g/mol. The molecule has 0 fully saturated rings. The second-order valence-electron chi connectivity index (χ2n) is 6.85. The molecule has 0 radical (unpaired) electrons. The van der Waals surface area contributed by atoms with E-state index in [0.29, 0.717) is 6.42 Å². The van der Waals surface area contributed by atoms with Crippen molar-refractivity contribution >= 4 is 18.9 Å². The van der Waals surface area contributed by atoms with Crippen molar-refractivity contribution in [3.8, 4) is 12.3 Å². The van der Waals surface area contributed by atoms with Crippen molar-refractivity contribution in [2.24, 2.45) is 0 Å². The summed E-state index contributed by atoms with van der Waals surface area (Å²) in [7, 11) is -3.06. The number of benzene rings is 2. The number of hydrogen-bond acceptors (Lipinski definition) is 3. The minimum absolute atomic E-state index is 0.0293. The molecule has 0 aliphatic carbocycles. The number of rotatable bonds is 7. The molecule has 2 aromatic carbocycles. The molecular formula is C21H26O3Si.